The Hall–Kier alpha value is -2.94. The monoisotopic (exact) mass is 286 g/mol. The normalized spacial score (nSPS) is 11.1. The third kappa shape index (κ3) is 1.99. The Kier molecular flexibility index (Phi) is 2.79. The Labute approximate surface area is 128 Å². The van der Waals surface area contributed by atoms with Crippen LogP contribution in [0.1, 0.15) is 5.56 Å². The average molecular weight is 286 g/mol. The van der Waals surface area contributed by atoms with Gasteiger partial charge in [0.05, 0.1) is 0 Å². The highest BCUT2D eigenvalue weighted by molar-refractivity contribution is 5.84. The number of para-hydroxylation sites is 1. The van der Waals surface area contributed by atoms with E-state index in [1.54, 1.807) is 0 Å². The third-order valence-corrected chi connectivity index (χ3v) is 3.87. The fourth-order valence-electron chi connectivity index (χ4n) is 2.84. The maximum Gasteiger partial charge on any atom is 0.239 e. The summed E-state index contributed by atoms with van der Waals surface area (Å²) in [6, 6.07) is 22.5. The molecule has 4 aromatic rings. The lowest BCUT2D eigenvalue weighted by Gasteiger charge is -2.06. The van der Waals surface area contributed by atoms with E-state index >= 15 is 0 Å². The Morgan fingerprint density at radius 3 is 2.27 bits per heavy atom. The molecule has 0 bridgehead atoms. The van der Waals surface area contributed by atoms with Crippen molar-refractivity contribution in [2.75, 3.05) is 5.73 Å². The molecule has 0 unspecified atom stereocenters. The van der Waals surface area contributed by atoms with E-state index in [4.69, 9.17) is 10.7 Å². The quantitative estimate of drug-likeness (QED) is 0.330. The van der Waals surface area contributed by atoms with Crippen LogP contribution in [-0.2, 0) is 0 Å². The van der Waals surface area contributed by atoms with Crippen molar-refractivity contribution < 1.29 is 4.57 Å². The number of hydrogen-bond acceptors (Lipinski definition) is 2. The number of hydrogen-bond donors (Lipinski definition) is 1. The molecule has 3 aromatic carbocycles. The van der Waals surface area contributed by atoms with Crippen LogP contribution in [0.4, 0.5) is 5.69 Å². The van der Waals surface area contributed by atoms with Gasteiger partial charge in [-0.1, -0.05) is 24.3 Å². The summed E-state index contributed by atoms with van der Waals surface area (Å²) < 4.78 is 2.22. The molecule has 0 aliphatic rings. The SMILES string of the molecule is Cc1ccc2nc3ccc(N)cc3[n+](-c3ccccc3)c2c1. The largest absolute Gasteiger partial charge is 0.399 e. The molecule has 3 nitrogen and oxygen atoms in total. The van der Waals surface area contributed by atoms with Crippen LogP contribution in [-0.4, -0.2) is 4.98 Å². The lowest BCUT2D eigenvalue weighted by Crippen LogP contribution is -2.33. The molecular formula is C19H16N3+. The molecule has 0 radical (unpaired) electrons. The van der Waals surface area contributed by atoms with Gasteiger partial charge < -0.3 is 5.73 Å². The van der Waals surface area contributed by atoms with E-state index in [-0.39, 0.29) is 0 Å². The van der Waals surface area contributed by atoms with Crippen molar-refractivity contribution in [2.45, 2.75) is 6.92 Å². The minimum Gasteiger partial charge on any atom is -0.399 e. The smallest absolute Gasteiger partial charge is 0.239 e. The lowest BCUT2D eigenvalue weighted by atomic mass is 10.1. The Morgan fingerprint density at radius 2 is 1.50 bits per heavy atom. The van der Waals surface area contributed by atoms with Gasteiger partial charge in [-0.15, -0.1) is 4.57 Å². The summed E-state index contributed by atoms with van der Waals surface area (Å²) in [6.45, 7) is 2.10. The van der Waals surface area contributed by atoms with Crippen molar-refractivity contribution in [3.63, 3.8) is 0 Å². The number of anilines is 1. The van der Waals surface area contributed by atoms with Gasteiger partial charge >= 0.3 is 0 Å². The number of benzene rings is 3. The fourth-order valence-corrected chi connectivity index (χ4v) is 2.84. The van der Waals surface area contributed by atoms with Gasteiger partial charge in [0.25, 0.3) is 0 Å². The van der Waals surface area contributed by atoms with Crippen LogP contribution in [0.3, 0.4) is 0 Å². The predicted octanol–water partition coefficient (Wildman–Crippen LogP) is 3.56. The van der Waals surface area contributed by atoms with Crippen LogP contribution in [0.2, 0.25) is 0 Å². The molecular weight excluding hydrogens is 270 g/mol. The molecule has 1 heterocycles. The number of aromatic nitrogens is 2. The molecule has 0 saturated carbocycles. The number of nitrogens with two attached hydrogens (primary N) is 1. The van der Waals surface area contributed by atoms with Crippen molar-refractivity contribution in [3.05, 3.63) is 72.3 Å². The van der Waals surface area contributed by atoms with Gasteiger partial charge in [-0.05, 0) is 30.7 Å². The Bertz CT molecular complexity index is 932. The highest BCUT2D eigenvalue weighted by Gasteiger charge is 2.19. The number of aryl methyl sites for hydroxylation is 1. The first-order valence-electron chi connectivity index (χ1n) is 7.29. The van der Waals surface area contributed by atoms with Crippen LogP contribution < -0.4 is 10.3 Å². The number of fused-ring (bicyclic) bond motifs is 2. The zero-order valence-electron chi connectivity index (χ0n) is 12.3. The van der Waals surface area contributed by atoms with E-state index in [9.17, 15) is 0 Å². The summed E-state index contributed by atoms with van der Waals surface area (Å²) in [6.07, 6.45) is 0. The molecule has 106 valence electrons. The number of nitrogens with zero attached hydrogens (tertiary/aromatic N) is 2. The van der Waals surface area contributed by atoms with E-state index in [2.05, 4.69) is 41.8 Å². The summed E-state index contributed by atoms with van der Waals surface area (Å²) in [5.41, 5.74) is 13.1. The fraction of sp³-hybridized carbons (Fsp3) is 0.0526. The average Bonchev–Trinajstić information content (AvgIpc) is 2.54. The highest BCUT2D eigenvalue weighted by Crippen LogP contribution is 2.20. The van der Waals surface area contributed by atoms with Gasteiger partial charge in [0.2, 0.25) is 16.7 Å². The van der Waals surface area contributed by atoms with Gasteiger partial charge in [-0.25, -0.2) is 4.98 Å². The molecule has 0 amide bonds. The summed E-state index contributed by atoms with van der Waals surface area (Å²) >= 11 is 0. The molecule has 0 atom stereocenters. The van der Waals surface area contributed by atoms with Crippen molar-refractivity contribution in [1.29, 1.82) is 0 Å². The van der Waals surface area contributed by atoms with Crippen molar-refractivity contribution in [3.8, 4) is 5.69 Å². The third-order valence-electron chi connectivity index (χ3n) is 3.87. The summed E-state index contributed by atoms with van der Waals surface area (Å²) in [5.74, 6) is 0. The Balaban J connectivity index is 2.24. The minimum absolute atomic E-state index is 0.742. The van der Waals surface area contributed by atoms with Gasteiger partial charge in [0.15, 0.2) is 0 Å². The predicted molar refractivity (Wildman–Crippen MR) is 89.9 cm³/mol. The minimum atomic E-state index is 0.742. The molecule has 3 heteroatoms. The van der Waals surface area contributed by atoms with Gasteiger partial charge in [-0.2, -0.15) is 0 Å². The number of nitrogen functional groups attached to an aromatic ring is 1. The first kappa shape index (κ1) is 12.8. The molecule has 0 aliphatic carbocycles. The molecule has 4 rings (SSSR count). The zero-order chi connectivity index (χ0) is 15.1. The standard InChI is InChI=1S/C19H15N3/c1-13-7-9-16-18(11-13)22(15-5-3-2-4-6-15)19-12-14(20)8-10-17(19)21-16/h2-12,20H,1H3/p+1. The summed E-state index contributed by atoms with van der Waals surface area (Å²) in [7, 11) is 0. The van der Waals surface area contributed by atoms with Crippen LogP contribution in [0.15, 0.2) is 66.7 Å². The first-order chi connectivity index (χ1) is 10.7. The molecule has 22 heavy (non-hydrogen) atoms. The van der Waals surface area contributed by atoms with E-state index in [1.165, 1.54) is 5.56 Å². The van der Waals surface area contributed by atoms with E-state index in [0.29, 0.717) is 0 Å². The molecule has 0 saturated heterocycles. The maximum atomic E-state index is 6.00. The van der Waals surface area contributed by atoms with E-state index in [0.717, 1.165) is 33.4 Å². The molecule has 1 aromatic heterocycles. The van der Waals surface area contributed by atoms with Gasteiger partial charge in [0.1, 0.15) is 11.0 Å². The van der Waals surface area contributed by atoms with E-state index in [1.807, 2.05) is 36.4 Å². The number of rotatable bonds is 1. The Morgan fingerprint density at radius 1 is 0.818 bits per heavy atom. The zero-order valence-corrected chi connectivity index (χ0v) is 12.3. The second kappa shape index (κ2) is 4.81. The molecule has 0 fully saturated rings. The highest BCUT2D eigenvalue weighted by atomic mass is 15.0. The summed E-state index contributed by atoms with van der Waals surface area (Å²) in [4.78, 5) is 4.77. The van der Waals surface area contributed by atoms with Crippen molar-refractivity contribution >= 4 is 27.8 Å². The first-order valence-corrected chi connectivity index (χ1v) is 7.29. The van der Waals surface area contributed by atoms with Crippen molar-refractivity contribution in [1.82, 2.24) is 4.98 Å². The molecule has 0 spiro atoms. The molecule has 0 aliphatic heterocycles. The molecule has 2 N–H and O–H groups in total. The van der Waals surface area contributed by atoms with Crippen LogP contribution in [0.5, 0.6) is 0 Å². The lowest BCUT2D eigenvalue weighted by molar-refractivity contribution is -0.538. The van der Waals surface area contributed by atoms with Gasteiger partial charge in [-0.3, -0.25) is 0 Å². The second-order valence-corrected chi connectivity index (χ2v) is 5.52. The topological polar surface area (TPSA) is 42.8 Å². The van der Waals surface area contributed by atoms with Crippen LogP contribution in [0.25, 0.3) is 27.8 Å². The van der Waals surface area contributed by atoms with Crippen molar-refractivity contribution in [2.24, 2.45) is 0 Å². The van der Waals surface area contributed by atoms with Gasteiger partial charge in [0, 0.05) is 30.0 Å². The maximum absolute atomic E-state index is 6.00. The van der Waals surface area contributed by atoms with E-state index < -0.39 is 0 Å². The van der Waals surface area contributed by atoms with Crippen LogP contribution >= 0.6 is 0 Å². The summed E-state index contributed by atoms with van der Waals surface area (Å²) in [5, 5.41) is 0. The van der Waals surface area contributed by atoms with Crippen LogP contribution in [0, 0.1) is 6.92 Å². The second-order valence-electron chi connectivity index (χ2n) is 5.52.